The molecule has 0 radical (unpaired) electrons. The molecule has 11 heavy (non-hydrogen) atoms. The van der Waals surface area contributed by atoms with Gasteiger partial charge in [-0.15, -0.1) is 0 Å². The topological polar surface area (TPSA) is 37.8 Å². The van der Waals surface area contributed by atoms with E-state index in [2.05, 4.69) is 22.2 Å². The van der Waals surface area contributed by atoms with Gasteiger partial charge in [-0.3, -0.25) is 0 Å². The van der Waals surface area contributed by atoms with E-state index in [1.165, 1.54) is 0 Å². The Labute approximate surface area is 66.9 Å². The highest BCUT2D eigenvalue weighted by atomic mass is 14.9. The molecule has 3 nitrogen and oxygen atoms in total. The Balaban J connectivity index is 2.93. The first-order valence-corrected chi connectivity index (χ1v) is 3.69. The molecule has 60 valence electrons. The molecule has 1 aromatic heterocycles. The van der Waals surface area contributed by atoms with Crippen molar-refractivity contribution in [2.24, 2.45) is 0 Å². The fraction of sp³-hybridized carbons (Fsp3) is 0.500. The van der Waals surface area contributed by atoms with Crippen molar-refractivity contribution in [2.45, 2.75) is 19.9 Å². The van der Waals surface area contributed by atoms with Gasteiger partial charge < -0.3 is 5.32 Å². The minimum atomic E-state index is 0.330. The van der Waals surface area contributed by atoms with E-state index in [1.807, 2.05) is 20.2 Å². The summed E-state index contributed by atoms with van der Waals surface area (Å²) in [7, 11) is 1.93. The molecular formula is C8H13N3. The minimum absolute atomic E-state index is 0.330. The lowest BCUT2D eigenvalue weighted by atomic mass is 10.1. The molecule has 0 saturated carbocycles. The molecule has 1 N–H and O–H groups in total. The fourth-order valence-corrected chi connectivity index (χ4v) is 0.982. The molecule has 0 bridgehead atoms. The van der Waals surface area contributed by atoms with Gasteiger partial charge in [-0.2, -0.15) is 0 Å². The van der Waals surface area contributed by atoms with Gasteiger partial charge in [0.1, 0.15) is 6.33 Å². The number of hydrogen-bond acceptors (Lipinski definition) is 3. The maximum atomic E-state index is 4.10. The lowest BCUT2D eigenvalue weighted by Gasteiger charge is -2.10. The molecule has 1 rings (SSSR count). The molecule has 1 atom stereocenters. The molecule has 1 aromatic rings. The Kier molecular flexibility index (Phi) is 2.54. The maximum absolute atomic E-state index is 4.10. The third-order valence-corrected chi connectivity index (χ3v) is 1.85. The van der Waals surface area contributed by atoms with Crippen LogP contribution < -0.4 is 5.32 Å². The van der Waals surface area contributed by atoms with Crippen molar-refractivity contribution in [3.05, 3.63) is 23.8 Å². The number of nitrogens with zero attached hydrogens (tertiary/aromatic N) is 2. The van der Waals surface area contributed by atoms with Crippen LogP contribution in [-0.4, -0.2) is 17.0 Å². The molecule has 0 aliphatic carbocycles. The van der Waals surface area contributed by atoms with Crippen LogP contribution in [0, 0.1) is 6.92 Å². The molecule has 1 unspecified atom stereocenters. The SMILES string of the molecule is CNC(C)c1cncnc1C. The van der Waals surface area contributed by atoms with Crippen LogP contribution in [0.15, 0.2) is 12.5 Å². The van der Waals surface area contributed by atoms with Crippen molar-refractivity contribution < 1.29 is 0 Å². The zero-order chi connectivity index (χ0) is 8.27. The number of hydrogen-bond donors (Lipinski definition) is 1. The first kappa shape index (κ1) is 8.14. The van der Waals surface area contributed by atoms with Crippen LogP contribution in [-0.2, 0) is 0 Å². The zero-order valence-electron chi connectivity index (χ0n) is 7.13. The Morgan fingerprint density at radius 3 is 2.82 bits per heavy atom. The molecule has 0 fully saturated rings. The van der Waals surface area contributed by atoms with Crippen molar-refractivity contribution in [1.29, 1.82) is 0 Å². The highest BCUT2D eigenvalue weighted by Crippen LogP contribution is 2.11. The van der Waals surface area contributed by atoms with Gasteiger partial charge in [0, 0.05) is 23.5 Å². The monoisotopic (exact) mass is 151 g/mol. The first-order chi connectivity index (χ1) is 5.25. The molecule has 0 aromatic carbocycles. The first-order valence-electron chi connectivity index (χ1n) is 3.69. The van der Waals surface area contributed by atoms with Crippen LogP contribution >= 0.6 is 0 Å². The highest BCUT2D eigenvalue weighted by Gasteiger charge is 2.05. The van der Waals surface area contributed by atoms with E-state index in [1.54, 1.807) is 6.33 Å². The van der Waals surface area contributed by atoms with Crippen molar-refractivity contribution in [3.8, 4) is 0 Å². The summed E-state index contributed by atoms with van der Waals surface area (Å²) in [5.41, 5.74) is 2.21. The summed E-state index contributed by atoms with van der Waals surface area (Å²) in [6, 6.07) is 0.330. The third-order valence-electron chi connectivity index (χ3n) is 1.85. The predicted octanol–water partition coefficient (Wildman–Crippen LogP) is 1.07. The van der Waals surface area contributed by atoms with Gasteiger partial charge in [-0.05, 0) is 20.9 Å². The van der Waals surface area contributed by atoms with Gasteiger partial charge in [0.25, 0.3) is 0 Å². The lowest BCUT2D eigenvalue weighted by Crippen LogP contribution is -2.14. The van der Waals surface area contributed by atoms with Crippen LogP contribution in [0.25, 0.3) is 0 Å². The fourth-order valence-electron chi connectivity index (χ4n) is 0.982. The van der Waals surface area contributed by atoms with Gasteiger partial charge in [-0.1, -0.05) is 0 Å². The van der Waals surface area contributed by atoms with E-state index in [9.17, 15) is 0 Å². The van der Waals surface area contributed by atoms with Crippen LogP contribution in [0.2, 0.25) is 0 Å². The van der Waals surface area contributed by atoms with Gasteiger partial charge in [0.05, 0.1) is 0 Å². The Hall–Kier alpha value is -0.960. The standard InChI is InChI=1S/C8H13N3/c1-6(9-3)8-4-10-5-11-7(8)2/h4-6,9H,1-3H3. The molecule has 0 amide bonds. The number of aromatic nitrogens is 2. The molecule has 0 aliphatic rings. The van der Waals surface area contributed by atoms with Crippen molar-refractivity contribution in [1.82, 2.24) is 15.3 Å². The Morgan fingerprint density at radius 1 is 1.55 bits per heavy atom. The zero-order valence-corrected chi connectivity index (χ0v) is 7.13. The number of rotatable bonds is 2. The normalized spacial score (nSPS) is 13.0. The quantitative estimate of drug-likeness (QED) is 0.687. The van der Waals surface area contributed by atoms with Crippen molar-refractivity contribution in [3.63, 3.8) is 0 Å². The summed E-state index contributed by atoms with van der Waals surface area (Å²) in [6.45, 7) is 4.08. The van der Waals surface area contributed by atoms with E-state index in [-0.39, 0.29) is 0 Å². The van der Waals surface area contributed by atoms with Crippen LogP contribution in [0.5, 0.6) is 0 Å². The van der Waals surface area contributed by atoms with Gasteiger partial charge in [-0.25, -0.2) is 9.97 Å². The summed E-state index contributed by atoms with van der Waals surface area (Å²) in [5, 5.41) is 3.14. The van der Waals surface area contributed by atoms with Crippen molar-refractivity contribution in [2.75, 3.05) is 7.05 Å². The number of nitrogens with one attached hydrogen (secondary N) is 1. The second-order valence-electron chi connectivity index (χ2n) is 2.57. The minimum Gasteiger partial charge on any atom is -0.313 e. The van der Waals surface area contributed by atoms with E-state index in [4.69, 9.17) is 0 Å². The second kappa shape index (κ2) is 3.44. The summed E-state index contributed by atoms with van der Waals surface area (Å²) in [5.74, 6) is 0. The van der Waals surface area contributed by atoms with Gasteiger partial charge in [0.2, 0.25) is 0 Å². The summed E-state index contributed by atoms with van der Waals surface area (Å²) in [6.07, 6.45) is 3.42. The molecule has 0 aliphatic heterocycles. The smallest absolute Gasteiger partial charge is 0.115 e. The molecule has 0 spiro atoms. The van der Waals surface area contributed by atoms with Crippen LogP contribution in [0.1, 0.15) is 24.2 Å². The van der Waals surface area contributed by atoms with E-state index < -0.39 is 0 Å². The maximum Gasteiger partial charge on any atom is 0.115 e. The van der Waals surface area contributed by atoms with Gasteiger partial charge in [0.15, 0.2) is 0 Å². The van der Waals surface area contributed by atoms with Crippen LogP contribution in [0.4, 0.5) is 0 Å². The van der Waals surface area contributed by atoms with Crippen LogP contribution in [0.3, 0.4) is 0 Å². The largest absolute Gasteiger partial charge is 0.313 e. The second-order valence-corrected chi connectivity index (χ2v) is 2.57. The Morgan fingerprint density at radius 2 is 2.27 bits per heavy atom. The highest BCUT2D eigenvalue weighted by molar-refractivity contribution is 5.17. The molecular weight excluding hydrogens is 138 g/mol. The predicted molar refractivity (Wildman–Crippen MR) is 44.2 cm³/mol. The average Bonchev–Trinajstić information content (AvgIpc) is 2.04. The van der Waals surface area contributed by atoms with E-state index in [0.29, 0.717) is 6.04 Å². The van der Waals surface area contributed by atoms with Crippen molar-refractivity contribution >= 4 is 0 Å². The average molecular weight is 151 g/mol. The summed E-state index contributed by atoms with van der Waals surface area (Å²) >= 11 is 0. The summed E-state index contributed by atoms with van der Waals surface area (Å²) in [4.78, 5) is 8.06. The third kappa shape index (κ3) is 1.74. The summed E-state index contributed by atoms with van der Waals surface area (Å²) < 4.78 is 0. The molecule has 0 saturated heterocycles. The number of aryl methyl sites for hydroxylation is 1. The van der Waals surface area contributed by atoms with E-state index >= 15 is 0 Å². The molecule has 1 heterocycles. The Bertz CT molecular complexity index is 235. The van der Waals surface area contributed by atoms with E-state index in [0.717, 1.165) is 11.3 Å². The lowest BCUT2D eigenvalue weighted by molar-refractivity contribution is 0.640. The van der Waals surface area contributed by atoms with Gasteiger partial charge >= 0.3 is 0 Å². The molecule has 3 heteroatoms.